The molecule has 0 aromatic heterocycles. The Labute approximate surface area is 121 Å². The molecule has 6 heteroatoms. The number of carbonyl (C=O) groups is 2. The zero-order chi connectivity index (χ0) is 15.4. The van der Waals surface area contributed by atoms with Crippen LogP contribution < -0.4 is 4.74 Å². The fourth-order valence-electron chi connectivity index (χ4n) is 1.89. The quantitative estimate of drug-likeness (QED) is 0.845. The Bertz CT molecular complexity index is 590. The Morgan fingerprint density at radius 2 is 2.10 bits per heavy atom. The zero-order valence-corrected chi connectivity index (χ0v) is 11.8. The highest BCUT2D eigenvalue weighted by Crippen LogP contribution is 2.30. The van der Waals surface area contributed by atoms with Crippen LogP contribution in [0.5, 0.6) is 5.75 Å². The van der Waals surface area contributed by atoms with Crippen molar-refractivity contribution in [2.45, 2.75) is 26.7 Å². The highest BCUT2D eigenvalue weighted by atomic mass is 16.6. The minimum Gasteiger partial charge on any atom is -0.462 e. The number of hydrogen-bond donors (Lipinski definition) is 1. The van der Waals surface area contributed by atoms with E-state index in [0.29, 0.717) is 11.3 Å². The fraction of sp³-hybridized carbons (Fsp3) is 0.333. The maximum Gasteiger partial charge on any atom is 0.340 e. The van der Waals surface area contributed by atoms with E-state index in [2.05, 4.69) is 0 Å². The second-order valence-electron chi connectivity index (χ2n) is 4.44. The summed E-state index contributed by atoms with van der Waals surface area (Å²) in [5, 5.41) is 9.80. The van der Waals surface area contributed by atoms with Crippen molar-refractivity contribution in [2.75, 3.05) is 6.61 Å². The third kappa shape index (κ3) is 3.61. The molecule has 1 aliphatic rings. The lowest BCUT2D eigenvalue weighted by atomic mass is 10.0. The van der Waals surface area contributed by atoms with E-state index in [1.54, 1.807) is 25.1 Å². The van der Waals surface area contributed by atoms with Crippen LogP contribution in [0.1, 0.15) is 25.0 Å². The van der Waals surface area contributed by atoms with E-state index in [9.17, 15) is 14.7 Å². The van der Waals surface area contributed by atoms with Gasteiger partial charge in [0, 0.05) is 12.5 Å². The summed E-state index contributed by atoms with van der Waals surface area (Å²) >= 11 is 0. The Morgan fingerprint density at radius 3 is 2.76 bits per heavy atom. The predicted molar refractivity (Wildman–Crippen MR) is 73.2 cm³/mol. The van der Waals surface area contributed by atoms with Crippen LogP contribution in [0.15, 0.2) is 23.8 Å². The molecule has 6 nitrogen and oxygen atoms in total. The third-order valence-electron chi connectivity index (χ3n) is 2.84. The van der Waals surface area contributed by atoms with E-state index in [1.807, 2.05) is 0 Å². The van der Waals surface area contributed by atoms with Crippen LogP contribution in [0, 0.1) is 0 Å². The lowest BCUT2D eigenvalue weighted by Crippen LogP contribution is -2.28. The van der Waals surface area contributed by atoms with Gasteiger partial charge in [0.1, 0.15) is 17.9 Å². The summed E-state index contributed by atoms with van der Waals surface area (Å²) in [5.74, 6) is -0.551. The van der Waals surface area contributed by atoms with Gasteiger partial charge in [0.25, 0.3) is 0 Å². The largest absolute Gasteiger partial charge is 0.462 e. The monoisotopic (exact) mass is 292 g/mol. The number of aliphatic hydroxyl groups is 1. The minimum absolute atomic E-state index is 0.0361. The molecule has 1 aromatic carbocycles. The number of hydrogen-bond acceptors (Lipinski definition) is 6. The molecule has 2 rings (SSSR count). The van der Waals surface area contributed by atoms with Gasteiger partial charge >= 0.3 is 11.9 Å². The summed E-state index contributed by atoms with van der Waals surface area (Å²) < 4.78 is 15.0. The van der Waals surface area contributed by atoms with Crippen LogP contribution in [0.4, 0.5) is 0 Å². The van der Waals surface area contributed by atoms with Gasteiger partial charge in [-0.2, -0.15) is 0 Å². The topological polar surface area (TPSA) is 82.1 Å². The van der Waals surface area contributed by atoms with Gasteiger partial charge in [-0.15, -0.1) is 0 Å². The summed E-state index contributed by atoms with van der Waals surface area (Å²) in [6, 6.07) is 5.09. The molecule has 0 saturated carbocycles. The van der Waals surface area contributed by atoms with Crippen molar-refractivity contribution in [3.63, 3.8) is 0 Å². The smallest absolute Gasteiger partial charge is 0.340 e. The molecule has 21 heavy (non-hydrogen) atoms. The molecule has 0 radical (unpaired) electrons. The van der Waals surface area contributed by atoms with Gasteiger partial charge in [-0.05, 0) is 30.7 Å². The van der Waals surface area contributed by atoms with Crippen molar-refractivity contribution in [3.8, 4) is 5.75 Å². The first-order valence-corrected chi connectivity index (χ1v) is 6.51. The molecule has 112 valence electrons. The molecule has 1 unspecified atom stereocenters. The number of ether oxygens (including phenoxy) is 3. The van der Waals surface area contributed by atoms with Crippen LogP contribution in [0.25, 0.3) is 6.08 Å². The molecule has 1 aliphatic heterocycles. The molecular weight excluding hydrogens is 276 g/mol. The average Bonchev–Trinajstić information content (AvgIpc) is 2.44. The number of aliphatic hydroxyl groups excluding tert-OH is 1. The molecule has 0 bridgehead atoms. The lowest BCUT2D eigenvalue weighted by molar-refractivity contribution is -0.142. The number of benzene rings is 1. The molecule has 0 aliphatic carbocycles. The first-order valence-electron chi connectivity index (χ1n) is 6.51. The zero-order valence-electron chi connectivity index (χ0n) is 11.8. The SMILES string of the molecule is CCOC(=O)C1=Cc2cc(COC(C)=O)ccc2OC1O. The van der Waals surface area contributed by atoms with Crippen LogP contribution in [-0.4, -0.2) is 29.9 Å². The Morgan fingerprint density at radius 1 is 1.33 bits per heavy atom. The molecule has 0 saturated heterocycles. The summed E-state index contributed by atoms with van der Waals surface area (Å²) in [4.78, 5) is 22.5. The van der Waals surface area contributed by atoms with Gasteiger partial charge in [-0.1, -0.05) is 6.07 Å². The van der Waals surface area contributed by atoms with Gasteiger partial charge in [0.15, 0.2) is 0 Å². The van der Waals surface area contributed by atoms with Crippen molar-refractivity contribution >= 4 is 18.0 Å². The molecule has 1 atom stereocenters. The fourth-order valence-corrected chi connectivity index (χ4v) is 1.89. The van der Waals surface area contributed by atoms with Gasteiger partial charge in [0.05, 0.1) is 6.61 Å². The van der Waals surface area contributed by atoms with Crippen molar-refractivity contribution in [2.24, 2.45) is 0 Å². The van der Waals surface area contributed by atoms with Crippen LogP contribution in [0.3, 0.4) is 0 Å². The number of fused-ring (bicyclic) bond motifs is 1. The van der Waals surface area contributed by atoms with E-state index in [4.69, 9.17) is 14.2 Å². The Kier molecular flexibility index (Phi) is 4.59. The molecule has 0 spiro atoms. The third-order valence-corrected chi connectivity index (χ3v) is 2.84. The van der Waals surface area contributed by atoms with Crippen LogP contribution in [-0.2, 0) is 25.7 Å². The van der Waals surface area contributed by atoms with Crippen LogP contribution >= 0.6 is 0 Å². The molecule has 0 amide bonds. The number of esters is 2. The van der Waals surface area contributed by atoms with E-state index < -0.39 is 12.3 Å². The minimum atomic E-state index is -1.35. The van der Waals surface area contributed by atoms with Crippen LogP contribution in [0.2, 0.25) is 0 Å². The Hall–Kier alpha value is -2.34. The van der Waals surface area contributed by atoms with Gasteiger partial charge in [-0.25, -0.2) is 4.79 Å². The maximum atomic E-state index is 11.7. The molecule has 1 aromatic rings. The summed E-state index contributed by atoms with van der Waals surface area (Å²) in [7, 11) is 0. The maximum absolute atomic E-state index is 11.7. The van der Waals surface area contributed by atoms with E-state index in [1.165, 1.54) is 13.0 Å². The predicted octanol–water partition coefficient (Wildman–Crippen LogP) is 1.41. The van der Waals surface area contributed by atoms with Gasteiger partial charge in [-0.3, -0.25) is 4.79 Å². The average molecular weight is 292 g/mol. The van der Waals surface area contributed by atoms with E-state index >= 15 is 0 Å². The standard InChI is InChI=1S/C15H16O6/c1-3-19-14(17)12-7-11-6-10(8-20-9(2)16)4-5-13(11)21-15(12)18/h4-7,15,18H,3,8H2,1-2H3. The molecular formula is C15H16O6. The van der Waals surface area contributed by atoms with E-state index in [0.717, 1.165) is 5.56 Å². The first kappa shape index (κ1) is 15.1. The highest BCUT2D eigenvalue weighted by Gasteiger charge is 2.27. The molecule has 1 N–H and O–H groups in total. The summed E-state index contributed by atoms with van der Waals surface area (Å²) in [5.41, 5.74) is 1.41. The normalized spacial score (nSPS) is 16.3. The summed E-state index contributed by atoms with van der Waals surface area (Å²) in [6.07, 6.45) is 0.162. The second-order valence-corrected chi connectivity index (χ2v) is 4.44. The molecule has 0 fully saturated rings. The van der Waals surface area contributed by atoms with Gasteiger partial charge < -0.3 is 19.3 Å². The van der Waals surface area contributed by atoms with Crippen molar-refractivity contribution in [1.82, 2.24) is 0 Å². The van der Waals surface area contributed by atoms with Crippen molar-refractivity contribution in [1.29, 1.82) is 0 Å². The highest BCUT2D eigenvalue weighted by molar-refractivity contribution is 5.95. The first-order chi connectivity index (χ1) is 10.0. The van der Waals surface area contributed by atoms with E-state index in [-0.39, 0.29) is 24.8 Å². The van der Waals surface area contributed by atoms with Gasteiger partial charge in [0.2, 0.25) is 6.29 Å². The number of carbonyl (C=O) groups excluding carboxylic acids is 2. The lowest BCUT2D eigenvalue weighted by Gasteiger charge is -2.22. The summed E-state index contributed by atoms with van der Waals surface area (Å²) in [6.45, 7) is 3.35. The van der Waals surface area contributed by atoms with Crippen molar-refractivity contribution < 1.29 is 28.9 Å². The number of rotatable bonds is 4. The second kappa shape index (κ2) is 6.41. The molecule has 1 heterocycles. The van der Waals surface area contributed by atoms with Crippen molar-refractivity contribution in [3.05, 3.63) is 34.9 Å². The Balaban J connectivity index is 2.25.